The fourth-order valence-corrected chi connectivity index (χ4v) is 5.61. The Bertz CT molecular complexity index is 1880. The average Bonchev–Trinajstić information content (AvgIpc) is 3.10. The van der Waals surface area contributed by atoms with Crippen LogP contribution in [0.2, 0.25) is 0 Å². The Hall–Kier alpha value is -5.25. The van der Waals surface area contributed by atoms with Crippen LogP contribution in [-0.4, -0.2) is 55.5 Å². The van der Waals surface area contributed by atoms with Gasteiger partial charge in [-0.25, -0.2) is 4.39 Å². The van der Waals surface area contributed by atoms with E-state index in [2.05, 4.69) is 5.32 Å². The SMILES string of the molecule is COc1cc(/C(N)=C/C(=C(N)N)C2C=CC(NC(O)c3cn(CC(F)(F)F)cc(-c4ccc(F)cc4)c3=O)=CC2)ccc1OC[C@H]1COCCO1. The smallest absolute Gasteiger partial charge is 0.406 e. The molecule has 0 spiro atoms. The van der Waals surface area contributed by atoms with Crippen LogP contribution in [0.3, 0.4) is 0 Å². The molecular weight excluding hydrogens is 674 g/mol. The van der Waals surface area contributed by atoms with Crippen molar-refractivity contribution >= 4 is 5.70 Å². The monoisotopic (exact) mass is 713 g/mol. The molecule has 0 amide bonds. The van der Waals surface area contributed by atoms with E-state index >= 15 is 0 Å². The van der Waals surface area contributed by atoms with E-state index in [1.54, 1.807) is 42.5 Å². The van der Waals surface area contributed by atoms with Crippen molar-refractivity contribution in [3.63, 3.8) is 0 Å². The van der Waals surface area contributed by atoms with Crippen LogP contribution >= 0.6 is 0 Å². The Balaban J connectivity index is 1.30. The Kier molecular flexibility index (Phi) is 11.7. The number of ether oxygens (including phenoxy) is 4. The minimum atomic E-state index is -4.60. The summed E-state index contributed by atoms with van der Waals surface area (Å²) in [5, 5.41) is 13.8. The molecule has 0 bridgehead atoms. The molecule has 1 aromatic heterocycles. The predicted molar refractivity (Wildman–Crippen MR) is 182 cm³/mol. The molecule has 0 saturated carbocycles. The molecule has 2 heterocycles. The minimum Gasteiger partial charge on any atom is -0.493 e. The third-order valence-corrected chi connectivity index (χ3v) is 8.17. The number of hydrogen-bond donors (Lipinski definition) is 5. The molecular formula is C36H39F4N5O6. The summed E-state index contributed by atoms with van der Waals surface area (Å²) in [4.78, 5) is 13.3. The number of halogens is 4. The van der Waals surface area contributed by atoms with Crippen LogP contribution in [0.25, 0.3) is 16.8 Å². The third kappa shape index (κ3) is 9.72. The first-order valence-electron chi connectivity index (χ1n) is 15.9. The second-order valence-corrected chi connectivity index (χ2v) is 11.9. The van der Waals surface area contributed by atoms with E-state index in [4.69, 9.17) is 36.1 Å². The summed E-state index contributed by atoms with van der Waals surface area (Å²) in [7, 11) is 1.51. The van der Waals surface area contributed by atoms with Gasteiger partial charge in [-0.3, -0.25) is 4.79 Å². The molecule has 1 aliphatic carbocycles. The van der Waals surface area contributed by atoms with Crippen LogP contribution in [0, 0.1) is 11.7 Å². The zero-order valence-corrected chi connectivity index (χ0v) is 27.7. The standard InChI is InChI=1S/C36H39F4N5O6/c1-48-32-14-23(6-11-31(32)51-19-26-18-49-12-13-50-26)30(41)15-27(34(42)43)21-4-9-25(10-5-21)44-35(47)29-17-45(20-36(38,39)40)16-28(33(29)46)22-2-7-24(37)8-3-22/h2-4,6-11,14-17,21,26,35,44,47H,5,12-13,18-20,41-43H2,1H3/b30-15-/t21?,26-,35?/m1/s1. The van der Waals surface area contributed by atoms with Crippen molar-refractivity contribution in [2.24, 2.45) is 23.1 Å². The largest absolute Gasteiger partial charge is 0.493 e. The molecule has 1 fully saturated rings. The van der Waals surface area contributed by atoms with E-state index in [-0.39, 0.29) is 41.1 Å². The molecule has 8 N–H and O–H groups in total. The zero-order valence-electron chi connectivity index (χ0n) is 27.7. The van der Waals surface area contributed by atoms with Gasteiger partial charge in [-0.2, -0.15) is 13.2 Å². The van der Waals surface area contributed by atoms with Crippen LogP contribution in [0.1, 0.15) is 23.8 Å². The number of benzene rings is 2. The number of aliphatic hydroxyl groups is 1. The van der Waals surface area contributed by atoms with E-state index in [0.717, 1.165) is 29.1 Å². The lowest BCUT2D eigenvalue weighted by atomic mass is 9.90. The van der Waals surface area contributed by atoms with Gasteiger partial charge in [0.1, 0.15) is 25.1 Å². The Labute approximate surface area is 291 Å². The zero-order chi connectivity index (χ0) is 36.7. The Morgan fingerprint density at radius 3 is 2.51 bits per heavy atom. The van der Waals surface area contributed by atoms with Gasteiger partial charge < -0.3 is 51.1 Å². The van der Waals surface area contributed by atoms with Gasteiger partial charge in [-0.1, -0.05) is 24.3 Å². The van der Waals surface area contributed by atoms with Gasteiger partial charge in [-0.05, 0) is 54.5 Å². The van der Waals surface area contributed by atoms with Gasteiger partial charge in [-0.15, -0.1) is 0 Å². The van der Waals surface area contributed by atoms with Crippen molar-refractivity contribution in [2.45, 2.75) is 31.5 Å². The molecule has 51 heavy (non-hydrogen) atoms. The Morgan fingerprint density at radius 2 is 1.88 bits per heavy atom. The van der Waals surface area contributed by atoms with Crippen molar-refractivity contribution in [1.82, 2.24) is 9.88 Å². The van der Waals surface area contributed by atoms with Gasteiger partial charge in [0.25, 0.3) is 0 Å². The van der Waals surface area contributed by atoms with E-state index in [1.165, 1.54) is 19.2 Å². The topological polar surface area (TPSA) is 169 Å². The highest BCUT2D eigenvalue weighted by Gasteiger charge is 2.29. The average molecular weight is 714 g/mol. The molecule has 11 nitrogen and oxygen atoms in total. The first-order valence-corrected chi connectivity index (χ1v) is 15.9. The van der Waals surface area contributed by atoms with Crippen molar-refractivity contribution in [3.8, 4) is 22.6 Å². The number of nitrogens with zero attached hydrogens (tertiary/aromatic N) is 1. The first kappa shape index (κ1) is 37.0. The number of rotatable bonds is 12. The number of methoxy groups -OCH3 is 1. The van der Waals surface area contributed by atoms with E-state index < -0.39 is 30.2 Å². The van der Waals surface area contributed by atoms with Crippen LogP contribution in [-0.2, 0) is 16.0 Å². The lowest BCUT2D eigenvalue weighted by Crippen LogP contribution is -2.33. The molecule has 0 radical (unpaired) electrons. The molecule has 15 heteroatoms. The molecule has 1 aliphatic heterocycles. The normalized spacial score (nSPS) is 18.5. The molecule has 3 aromatic rings. The number of nitrogens with one attached hydrogen (secondary N) is 1. The summed E-state index contributed by atoms with van der Waals surface area (Å²) in [5.74, 6) is 0.0774. The number of pyridine rings is 1. The summed E-state index contributed by atoms with van der Waals surface area (Å²) >= 11 is 0. The number of alkyl halides is 3. The summed E-state index contributed by atoms with van der Waals surface area (Å²) < 4.78 is 76.6. The summed E-state index contributed by atoms with van der Waals surface area (Å²) in [6.45, 7) is 0.365. The number of aliphatic hydroxyl groups excluding tert-OH is 1. The molecule has 5 rings (SSSR count). The van der Waals surface area contributed by atoms with Gasteiger partial charge in [0.15, 0.2) is 23.2 Å². The maximum absolute atomic E-state index is 13.5. The van der Waals surface area contributed by atoms with E-state index in [1.807, 2.05) is 0 Å². The number of aromatic nitrogens is 1. The highest BCUT2D eigenvalue weighted by atomic mass is 19.4. The lowest BCUT2D eigenvalue weighted by Gasteiger charge is -2.23. The van der Waals surface area contributed by atoms with Crippen LogP contribution in [0.5, 0.6) is 11.5 Å². The predicted octanol–water partition coefficient (Wildman–Crippen LogP) is 4.19. The van der Waals surface area contributed by atoms with Crippen molar-refractivity contribution in [2.75, 3.05) is 33.5 Å². The fraction of sp³-hybridized carbons (Fsp3) is 0.306. The molecule has 3 atom stereocenters. The third-order valence-electron chi connectivity index (χ3n) is 8.17. The maximum Gasteiger partial charge on any atom is 0.406 e. The quantitative estimate of drug-likeness (QED) is 0.104. The summed E-state index contributed by atoms with van der Waals surface area (Å²) in [6, 6.07) is 9.95. The molecule has 1 saturated heterocycles. The van der Waals surface area contributed by atoms with Gasteiger partial charge in [0.05, 0.1) is 38.3 Å². The molecule has 2 unspecified atom stereocenters. The Morgan fingerprint density at radius 1 is 1.12 bits per heavy atom. The maximum atomic E-state index is 13.5. The van der Waals surface area contributed by atoms with Crippen LogP contribution < -0.4 is 37.4 Å². The number of nitrogens with two attached hydrogens (primary N) is 3. The second kappa shape index (κ2) is 16.2. The molecule has 272 valence electrons. The minimum absolute atomic E-state index is 0.0295. The van der Waals surface area contributed by atoms with E-state index in [0.29, 0.717) is 60.3 Å². The van der Waals surface area contributed by atoms with Crippen molar-refractivity contribution in [3.05, 3.63) is 123 Å². The summed E-state index contributed by atoms with van der Waals surface area (Å²) in [6.07, 6.45) is 2.59. The number of hydrogen-bond acceptors (Lipinski definition) is 10. The first-order chi connectivity index (χ1) is 24.3. The van der Waals surface area contributed by atoms with E-state index in [9.17, 15) is 27.5 Å². The van der Waals surface area contributed by atoms with Gasteiger partial charge in [0, 0.05) is 46.4 Å². The van der Waals surface area contributed by atoms with Gasteiger partial charge in [0.2, 0.25) is 0 Å². The highest BCUT2D eigenvalue weighted by Crippen LogP contribution is 2.32. The van der Waals surface area contributed by atoms with Crippen LogP contribution in [0.15, 0.2) is 101 Å². The molecule has 2 aliphatic rings. The summed E-state index contributed by atoms with van der Waals surface area (Å²) in [5.41, 5.74) is 19.5. The van der Waals surface area contributed by atoms with Crippen molar-refractivity contribution in [1.29, 1.82) is 0 Å². The highest BCUT2D eigenvalue weighted by molar-refractivity contribution is 5.68. The number of allylic oxidation sites excluding steroid dienone is 5. The second-order valence-electron chi connectivity index (χ2n) is 11.9. The lowest BCUT2D eigenvalue weighted by molar-refractivity contribution is -0.140. The van der Waals surface area contributed by atoms with Gasteiger partial charge >= 0.3 is 6.18 Å². The van der Waals surface area contributed by atoms with Crippen LogP contribution in [0.4, 0.5) is 17.6 Å². The van der Waals surface area contributed by atoms with Crippen molar-refractivity contribution < 1.29 is 41.6 Å². The molecule has 2 aromatic carbocycles. The fourth-order valence-electron chi connectivity index (χ4n) is 5.61.